The van der Waals surface area contributed by atoms with E-state index in [2.05, 4.69) is 10.6 Å². The lowest BCUT2D eigenvalue weighted by Crippen LogP contribution is -2.47. The number of benzene rings is 2. The molecule has 0 saturated heterocycles. The first-order valence-electron chi connectivity index (χ1n) is 7.61. The second-order valence-electron chi connectivity index (χ2n) is 5.53. The number of amides is 3. The summed E-state index contributed by atoms with van der Waals surface area (Å²) < 4.78 is 13.1. The number of hydrogen-bond donors (Lipinski definition) is 3. The maximum atomic E-state index is 13.1. The van der Waals surface area contributed by atoms with Crippen LogP contribution in [0.3, 0.4) is 0 Å². The summed E-state index contributed by atoms with van der Waals surface area (Å²) in [4.78, 5) is 23.2. The number of nitrogens with two attached hydrogens (primary N) is 1. The van der Waals surface area contributed by atoms with Crippen molar-refractivity contribution in [3.05, 3.63) is 71.5 Å². The summed E-state index contributed by atoms with van der Waals surface area (Å²) in [5.41, 5.74) is 6.85. The Morgan fingerprint density at radius 2 is 1.67 bits per heavy atom. The van der Waals surface area contributed by atoms with E-state index in [9.17, 15) is 14.0 Å². The number of nitrogens with one attached hydrogen (secondary N) is 2. The van der Waals surface area contributed by atoms with E-state index in [0.717, 1.165) is 11.1 Å². The van der Waals surface area contributed by atoms with Gasteiger partial charge >= 0.3 is 6.03 Å². The molecule has 0 radical (unpaired) electrons. The number of halogens is 1. The molecule has 0 heterocycles. The smallest absolute Gasteiger partial charge is 0.312 e. The van der Waals surface area contributed by atoms with Crippen molar-refractivity contribution < 1.29 is 14.0 Å². The summed E-state index contributed by atoms with van der Waals surface area (Å²) in [5.74, 6) is -0.650. The molecule has 0 bridgehead atoms. The van der Waals surface area contributed by atoms with Gasteiger partial charge in [-0.25, -0.2) is 9.18 Å². The number of hydrogen-bond acceptors (Lipinski definition) is 2. The van der Waals surface area contributed by atoms with Crippen LogP contribution in [-0.4, -0.2) is 18.0 Å². The zero-order valence-electron chi connectivity index (χ0n) is 13.3. The minimum atomic E-state index is -0.757. The van der Waals surface area contributed by atoms with E-state index in [1.807, 2.05) is 30.3 Å². The largest absolute Gasteiger partial charge is 0.352 e. The second kappa shape index (κ2) is 8.10. The van der Waals surface area contributed by atoms with E-state index in [1.165, 1.54) is 12.1 Å². The normalized spacial score (nSPS) is 12.9. The first kappa shape index (κ1) is 17.5. The Bertz CT molecular complexity index is 689. The van der Waals surface area contributed by atoms with Crippen LogP contribution in [0.4, 0.5) is 9.18 Å². The zero-order valence-corrected chi connectivity index (χ0v) is 13.3. The van der Waals surface area contributed by atoms with Crippen molar-refractivity contribution in [2.45, 2.75) is 25.4 Å². The van der Waals surface area contributed by atoms with Gasteiger partial charge in [0, 0.05) is 0 Å². The maximum absolute atomic E-state index is 13.1. The van der Waals surface area contributed by atoms with Crippen LogP contribution < -0.4 is 16.4 Å². The van der Waals surface area contributed by atoms with E-state index in [-0.39, 0.29) is 17.8 Å². The molecule has 2 aromatic rings. The molecule has 24 heavy (non-hydrogen) atoms. The van der Waals surface area contributed by atoms with Crippen LogP contribution in [0.15, 0.2) is 54.6 Å². The molecule has 0 spiro atoms. The molecule has 0 aromatic heterocycles. The van der Waals surface area contributed by atoms with Crippen LogP contribution in [-0.2, 0) is 11.2 Å². The molecule has 0 saturated carbocycles. The maximum Gasteiger partial charge on any atom is 0.312 e. The first-order chi connectivity index (χ1) is 11.5. The van der Waals surface area contributed by atoms with Crippen molar-refractivity contribution in [1.29, 1.82) is 0 Å². The molecule has 5 nitrogen and oxygen atoms in total. The topological polar surface area (TPSA) is 84.2 Å². The van der Waals surface area contributed by atoms with Crippen LogP contribution in [0.25, 0.3) is 0 Å². The highest BCUT2D eigenvalue weighted by atomic mass is 19.1. The van der Waals surface area contributed by atoms with Crippen molar-refractivity contribution in [2.75, 3.05) is 0 Å². The van der Waals surface area contributed by atoms with Crippen LogP contribution in [0.1, 0.15) is 24.1 Å². The summed E-state index contributed by atoms with van der Waals surface area (Å²) in [5, 5.41) is 5.25. The van der Waals surface area contributed by atoms with Crippen LogP contribution in [0.2, 0.25) is 0 Å². The Morgan fingerprint density at radius 1 is 1.04 bits per heavy atom. The molecular weight excluding hydrogens is 309 g/mol. The average Bonchev–Trinajstić information content (AvgIpc) is 2.56. The molecular formula is C18H20FN3O2. The Balaban J connectivity index is 2.15. The standard InChI is InChI=1S/C18H20FN3O2/c1-12(21-18(20)24)17(23)22-16(14-5-3-2-4-6-14)11-13-7-9-15(19)10-8-13/h2-10,12,16H,11H2,1H3,(H,22,23)(H3,20,21,24). The Labute approximate surface area is 140 Å². The van der Waals surface area contributed by atoms with E-state index < -0.39 is 12.1 Å². The van der Waals surface area contributed by atoms with Crippen molar-refractivity contribution in [3.8, 4) is 0 Å². The summed E-state index contributed by atoms with van der Waals surface area (Å²) in [6, 6.07) is 13.8. The first-order valence-corrected chi connectivity index (χ1v) is 7.61. The monoisotopic (exact) mass is 329 g/mol. The third kappa shape index (κ3) is 5.08. The molecule has 2 unspecified atom stereocenters. The number of rotatable bonds is 6. The second-order valence-corrected chi connectivity index (χ2v) is 5.53. The summed E-state index contributed by atoms with van der Waals surface area (Å²) >= 11 is 0. The van der Waals surface area contributed by atoms with Gasteiger partial charge < -0.3 is 16.4 Å². The average molecular weight is 329 g/mol. The van der Waals surface area contributed by atoms with E-state index in [1.54, 1.807) is 19.1 Å². The molecule has 2 aromatic carbocycles. The van der Waals surface area contributed by atoms with E-state index in [0.29, 0.717) is 6.42 Å². The highest BCUT2D eigenvalue weighted by Gasteiger charge is 2.20. The zero-order chi connectivity index (χ0) is 17.5. The fraction of sp³-hybridized carbons (Fsp3) is 0.222. The van der Waals surface area contributed by atoms with Gasteiger partial charge in [0.15, 0.2) is 0 Å². The number of urea groups is 1. The van der Waals surface area contributed by atoms with Gasteiger partial charge in [0.1, 0.15) is 11.9 Å². The lowest BCUT2D eigenvalue weighted by Gasteiger charge is -2.22. The van der Waals surface area contributed by atoms with Crippen LogP contribution in [0, 0.1) is 5.82 Å². The van der Waals surface area contributed by atoms with Gasteiger partial charge in [-0.2, -0.15) is 0 Å². The summed E-state index contributed by atoms with van der Waals surface area (Å²) in [7, 11) is 0. The van der Waals surface area contributed by atoms with Crippen molar-refractivity contribution in [3.63, 3.8) is 0 Å². The molecule has 0 aliphatic carbocycles. The molecule has 2 rings (SSSR count). The fourth-order valence-electron chi connectivity index (χ4n) is 2.37. The van der Waals surface area contributed by atoms with Gasteiger partial charge in [0.05, 0.1) is 6.04 Å². The molecule has 4 N–H and O–H groups in total. The van der Waals surface area contributed by atoms with Crippen molar-refractivity contribution in [1.82, 2.24) is 10.6 Å². The third-order valence-corrected chi connectivity index (χ3v) is 3.62. The van der Waals surface area contributed by atoms with E-state index >= 15 is 0 Å². The molecule has 3 amide bonds. The van der Waals surface area contributed by atoms with Gasteiger partial charge in [-0.3, -0.25) is 4.79 Å². The minimum Gasteiger partial charge on any atom is -0.352 e. The van der Waals surface area contributed by atoms with Crippen LogP contribution >= 0.6 is 0 Å². The van der Waals surface area contributed by atoms with Crippen LogP contribution in [0.5, 0.6) is 0 Å². The van der Waals surface area contributed by atoms with Crippen molar-refractivity contribution in [2.24, 2.45) is 5.73 Å². The molecule has 0 aliphatic heterocycles. The third-order valence-electron chi connectivity index (χ3n) is 3.62. The molecule has 126 valence electrons. The highest BCUT2D eigenvalue weighted by Crippen LogP contribution is 2.19. The lowest BCUT2D eigenvalue weighted by molar-refractivity contribution is -0.123. The Morgan fingerprint density at radius 3 is 2.25 bits per heavy atom. The predicted molar refractivity (Wildman–Crippen MR) is 89.6 cm³/mol. The van der Waals surface area contributed by atoms with Crippen molar-refractivity contribution >= 4 is 11.9 Å². The Hall–Kier alpha value is -2.89. The SMILES string of the molecule is CC(NC(N)=O)C(=O)NC(Cc1ccc(F)cc1)c1ccccc1. The molecule has 0 aliphatic rings. The number of carbonyl (C=O) groups is 2. The minimum absolute atomic E-state index is 0.304. The summed E-state index contributed by atoms with van der Waals surface area (Å²) in [6.45, 7) is 1.56. The number of primary amides is 1. The van der Waals surface area contributed by atoms with Gasteiger partial charge in [-0.1, -0.05) is 42.5 Å². The van der Waals surface area contributed by atoms with Gasteiger partial charge in [0.2, 0.25) is 5.91 Å². The summed E-state index contributed by atoms with van der Waals surface area (Å²) in [6.07, 6.45) is 0.499. The fourth-order valence-corrected chi connectivity index (χ4v) is 2.37. The Kier molecular flexibility index (Phi) is 5.89. The molecule has 2 atom stereocenters. The lowest BCUT2D eigenvalue weighted by atomic mass is 9.98. The van der Waals surface area contributed by atoms with Gasteiger partial charge in [-0.15, -0.1) is 0 Å². The predicted octanol–water partition coefficient (Wildman–Crippen LogP) is 2.28. The molecule has 0 fully saturated rings. The van der Waals surface area contributed by atoms with Gasteiger partial charge in [-0.05, 0) is 36.6 Å². The highest BCUT2D eigenvalue weighted by molar-refractivity contribution is 5.86. The molecule has 6 heteroatoms. The van der Waals surface area contributed by atoms with Gasteiger partial charge in [0.25, 0.3) is 0 Å². The number of carbonyl (C=O) groups excluding carboxylic acids is 2. The quantitative estimate of drug-likeness (QED) is 0.759. The van der Waals surface area contributed by atoms with E-state index in [4.69, 9.17) is 5.73 Å².